The van der Waals surface area contributed by atoms with Crippen molar-refractivity contribution >= 4 is 11.9 Å². The van der Waals surface area contributed by atoms with Gasteiger partial charge >= 0.3 is 5.97 Å². The van der Waals surface area contributed by atoms with Crippen molar-refractivity contribution in [1.82, 2.24) is 25.3 Å². The Hall–Kier alpha value is -2.81. The number of aromatic carboxylic acids is 1. The lowest BCUT2D eigenvalue weighted by Gasteiger charge is -2.18. The minimum atomic E-state index is -1.04. The van der Waals surface area contributed by atoms with Gasteiger partial charge in [-0.05, 0) is 38.2 Å². The van der Waals surface area contributed by atoms with Crippen LogP contribution in [-0.4, -0.2) is 54.7 Å². The van der Waals surface area contributed by atoms with Crippen molar-refractivity contribution in [2.24, 2.45) is 5.92 Å². The van der Waals surface area contributed by atoms with Crippen molar-refractivity contribution < 1.29 is 19.8 Å². The van der Waals surface area contributed by atoms with Gasteiger partial charge in [0.1, 0.15) is 5.69 Å². The Bertz CT molecular complexity index is 837. The van der Waals surface area contributed by atoms with Crippen LogP contribution >= 0.6 is 0 Å². The van der Waals surface area contributed by atoms with Gasteiger partial charge in [0.05, 0.1) is 17.8 Å². The number of hydrogen-bond donors (Lipinski definition) is 3. The summed E-state index contributed by atoms with van der Waals surface area (Å²) in [4.78, 5) is 27.5. The first kappa shape index (κ1) is 19.9. The summed E-state index contributed by atoms with van der Waals surface area (Å²) in [5, 5.41) is 29.5. The van der Waals surface area contributed by atoms with Crippen LogP contribution in [0.4, 0.5) is 0 Å². The van der Waals surface area contributed by atoms with E-state index in [1.165, 1.54) is 12.3 Å². The Labute approximate surface area is 162 Å². The van der Waals surface area contributed by atoms with Gasteiger partial charge in [-0.2, -0.15) is 0 Å². The SMILES string of the molecule is CCC(CCO)NC(=O)C1CCC(n2cc(-c3cncc(C(=O)O)c3)nn2)C1. The summed E-state index contributed by atoms with van der Waals surface area (Å²) in [6.45, 7) is 2.05. The molecule has 3 unspecified atom stereocenters. The number of rotatable bonds is 8. The normalized spacial score (nSPS) is 20.1. The predicted molar refractivity (Wildman–Crippen MR) is 101 cm³/mol. The van der Waals surface area contributed by atoms with E-state index in [-0.39, 0.29) is 36.1 Å². The first-order chi connectivity index (χ1) is 13.5. The maximum Gasteiger partial charge on any atom is 0.337 e. The third-order valence-electron chi connectivity index (χ3n) is 5.26. The highest BCUT2D eigenvalue weighted by atomic mass is 16.4. The fourth-order valence-electron chi connectivity index (χ4n) is 3.57. The molecule has 0 aliphatic heterocycles. The van der Waals surface area contributed by atoms with Gasteiger partial charge < -0.3 is 15.5 Å². The summed E-state index contributed by atoms with van der Waals surface area (Å²) in [7, 11) is 0. The number of carbonyl (C=O) groups is 2. The molecule has 1 aliphatic rings. The molecule has 3 atom stereocenters. The second-order valence-electron chi connectivity index (χ2n) is 7.14. The number of aliphatic hydroxyl groups excluding tert-OH is 1. The molecular formula is C19H25N5O4. The van der Waals surface area contributed by atoms with Gasteiger partial charge in [-0.3, -0.25) is 9.78 Å². The molecule has 9 heteroatoms. The number of pyridine rings is 1. The maximum absolute atomic E-state index is 12.5. The Morgan fingerprint density at radius 2 is 2.18 bits per heavy atom. The number of aliphatic hydroxyl groups is 1. The van der Waals surface area contributed by atoms with Crippen LogP contribution in [0.1, 0.15) is 55.4 Å². The van der Waals surface area contributed by atoms with Gasteiger partial charge in [-0.1, -0.05) is 12.1 Å². The van der Waals surface area contributed by atoms with Crippen LogP contribution in [0, 0.1) is 5.92 Å². The predicted octanol–water partition coefficient (Wildman–Crippen LogP) is 1.66. The third-order valence-corrected chi connectivity index (χ3v) is 5.26. The summed E-state index contributed by atoms with van der Waals surface area (Å²) >= 11 is 0. The largest absolute Gasteiger partial charge is 0.478 e. The number of carboxylic acid groups (broad SMARTS) is 1. The molecule has 1 fully saturated rings. The molecule has 3 N–H and O–H groups in total. The van der Waals surface area contributed by atoms with Crippen LogP contribution in [0.2, 0.25) is 0 Å². The first-order valence-electron chi connectivity index (χ1n) is 9.53. The summed E-state index contributed by atoms with van der Waals surface area (Å²) in [5.74, 6) is -1.10. The van der Waals surface area contributed by atoms with E-state index in [0.29, 0.717) is 24.1 Å². The fourth-order valence-corrected chi connectivity index (χ4v) is 3.57. The van der Waals surface area contributed by atoms with E-state index in [1.807, 2.05) is 6.92 Å². The van der Waals surface area contributed by atoms with E-state index in [2.05, 4.69) is 20.6 Å². The topological polar surface area (TPSA) is 130 Å². The fraction of sp³-hybridized carbons (Fsp3) is 0.526. The van der Waals surface area contributed by atoms with Crippen molar-refractivity contribution in [3.05, 3.63) is 30.2 Å². The van der Waals surface area contributed by atoms with Crippen LogP contribution in [0.3, 0.4) is 0 Å². The van der Waals surface area contributed by atoms with Crippen LogP contribution in [0.15, 0.2) is 24.7 Å². The Kier molecular flexibility index (Phi) is 6.35. The zero-order valence-corrected chi connectivity index (χ0v) is 15.8. The summed E-state index contributed by atoms with van der Waals surface area (Å²) < 4.78 is 1.75. The second-order valence-corrected chi connectivity index (χ2v) is 7.14. The molecule has 0 spiro atoms. The zero-order chi connectivity index (χ0) is 20.1. The molecule has 2 aromatic rings. The maximum atomic E-state index is 12.5. The van der Waals surface area contributed by atoms with Crippen molar-refractivity contribution in [2.45, 2.75) is 51.1 Å². The molecule has 0 aromatic carbocycles. The quantitative estimate of drug-likeness (QED) is 0.628. The lowest BCUT2D eigenvalue weighted by Crippen LogP contribution is -2.38. The number of nitrogens with zero attached hydrogens (tertiary/aromatic N) is 4. The number of amides is 1. The molecule has 0 radical (unpaired) electrons. The molecule has 28 heavy (non-hydrogen) atoms. The minimum absolute atomic E-state index is 0.00327. The average Bonchev–Trinajstić information content (AvgIpc) is 3.37. The van der Waals surface area contributed by atoms with E-state index in [1.54, 1.807) is 17.1 Å². The Morgan fingerprint density at radius 3 is 2.89 bits per heavy atom. The lowest BCUT2D eigenvalue weighted by atomic mass is 10.1. The molecule has 0 bridgehead atoms. The Morgan fingerprint density at radius 1 is 1.36 bits per heavy atom. The molecule has 2 heterocycles. The van der Waals surface area contributed by atoms with E-state index >= 15 is 0 Å². The Balaban J connectivity index is 1.64. The molecule has 2 aromatic heterocycles. The van der Waals surface area contributed by atoms with Crippen LogP contribution in [-0.2, 0) is 4.79 Å². The van der Waals surface area contributed by atoms with Crippen molar-refractivity contribution in [2.75, 3.05) is 6.61 Å². The average molecular weight is 387 g/mol. The highest BCUT2D eigenvalue weighted by Gasteiger charge is 2.32. The molecule has 150 valence electrons. The van der Waals surface area contributed by atoms with Crippen LogP contribution in [0.5, 0.6) is 0 Å². The van der Waals surface area contributed by atoms with Crippen molar-refractivity contribution in [3.63, 3.8) is 0 Å². The molecule has 1 amide bonds. The molecule has 9 nitrogen and oxygen atoms in total. The minimum Gasteiger partial charge on any atom is -0.478 e. The molecule has 1 saturated carbocycles. The highest BCUT2D eigenvalue weighted by Crippen LogP contribution is 2.35. The van der Waals surface area contributed by atoms with E-state index in [9.17, 15) is 9.59 Å². The molecule has 0 saturated heterocycles. The van der Waals surface area contributed by atoms with Crippen LogP contribution < -0.4 is 5.32 Å². The van der Waals surface area contributed by atoms with Gasteiger partial charge in [0.2, 0.25) is 5.91 Å². The third kappa shape index (κ3) is 4.53. The highest BCUT2D eigenvalue weighted by molar-refractivity contribution is 5.88. The standard InChI is InChI=1S/C19H25N5O4/c1-2-15(5-6-25)21-18(26)12-3-4-16(8-12)24-11-17(22-23-24)13-7-14(19(27)28)10-20-9-13/h7,9-12,15-16,25H,2-6,8H2,1H3,(H,21,26)(H,27,28). The van der Waals surface area contributed by atoms with Gasteiger partial charge in [0, 0.05) is 36.5 Å². The monoisotopic (exact) mass is 387 g/mol. The summed E-state index contributed by atoms with van der Waals surface area (Å²) in [5.41, 5.74) is 1.24. The lowest BCUT2D eigenvalue weighted by molar-refractivity contribution is -0.125. The zero-order valence-electron chi connectivity index (χ0n) is 15.8. The van der Waals surface area contributed by atoms with Crippen LogP contribution in [0.25, 0.3) is 11.3 Å². The van der Waals surface area contributed by atoms with E-state index < -0.39 is 5.97 Å². The number of carboxylic acids is 1. The van der Waals surface area contributed by atoms with E-state index in [0.717, 1.165) is 19.3 Å². The summed E-state index contributed by atoms with van der Waals surface area (Å²) in [6, 6.07) is 1.59. The number of carbonyl (C=O) groups excluding carboxylic acids is 1. The number of aromatic nitrogens is 4. The molecule has 1 aliphatic carbocycles. The smallest absolute Gasteiger partial charge is 0.337 e. The van der Waals surface area contributed by atoms with Gasteiger partial charge in [-0.15, -0.1) is 5.10 Å². The van der Waals surface area contributed by atoms with Gasteiger partial charge in [0.15, 0.2) is 0 Å². The van der Waals surface area contributed by atoms with Crippen molar-refractivity contribution in [3.8, 4) is 11.3 Å². The van der Waals surface area contributed by atoms with E-state index in [4.69, 9.17) is 10.2 Å². The molecular weight excluding hydrogens is 362 g/mol. The second kappa shape index (κ2) is 8.92. The first-order valence-corrected chi connectivity index (χ1v) is 9.53. The summed E-state index contributed by atoms with van der Waals surface area (Å²) in [6.07, 6.45) is 8.25. The van der Waals surface area contributed by atoms with Gasteiger partial charge in [0.25, 0.3) is 0 Å². The molecule has 3 rings (SSSR count). The van der Waals surface area contributed by atoms with Gasteiger partial charge in [-0.25, -0.2) is 9.48 Å². The number of nitrogens with one attached hydrogen (secondary N) is 1. The van der Waals surface area contributed by atoms with Crippen molar-refractivity contribution in [1.29, 1.82) is 0 Å². The number of hydrogen-bond acceptors (Lipinski definition) is 6.